The Morgan fingerprint density at radius 2 is 2.11 bits per heavy atom. The maximum Gasteiger partial charge on any atom is 0.0722 e. The van der Waals surface area contributed by atoms with E-state index in [1.165, 1.54) is 11.1 Å². The second-order valence-electron chi connectivity index (χ2n) is 4.77. The van der Waals surface area contributed by atoms with Crippen molar-refractivity contribution in [2.75, 3.05) is 11.9 Å². The van der Waals surface area contributed by atoms with Crippen LogP contribution in [0.4, 0.5) is 5.69 Å². The lowest BCUT2D eigenvalue weighted by Crippen LogP contribution is -2.40. The van der Waals surface area contributed by atoms with Crippen molar-refractivity contribution in [1.82, 2.24) is 4.98 Å². The third kappa shape index (κ3) is 2.18. The normalized spacial score (nSPS) is 22.7. The van der Waals surface area contributed by atoms with Crippen LogP contribution < -0.4 is 5.32 Å². The minimum Gasteiger partial charge on any atom is -0.382 e. The van der Waals surface area contributed by atoms with Gasteiger partial charge >= 0.3 is 0 Å². The highest BCUT2D eigenvalue weighted by molar-refractivity contribution is 5.90. The van der Waals surface area contributed by atoms with E-state index in [1.54, 1.807) is 0 Å². The SMILES string of the molecule is CCOC1CC(Nc2ccnc3ccccc23)C1. The molecule has 3 nitrogen and oxygen atoms in total. The summed E-state index contributed by atoms with van der Waals surface area (Å²) in [5.74, 6) is 0. The van der Waals surface area contributed by atoms with E-state index in [4.69, 9.17) is 4.74 Å². The smallest absolute Gasteiger partial charge is 0.0722 e. The van der Waals surface area contributed by atoms with Gasteiger partial charge in [0.15, 0.2) is 0 Å². The molecule has 3 rings (SSSR count). The summed E-state index contributed by atoms with van der Waals surface area (Å²) in [4.78, 5) is 4.37. The van der Waals surface area contributed by atoms with Crippen LogP contribution in [-0.4, -0.2) is 23.7 Å². The molecule has 0 aliphatic heterocycles. The van der Waals surface area contributed by atoms with Crippen LogP contribution in [0.25, 0.3) is 10.9 Å². The van der Waals surface area contributed by atoms with Crippen molar-refractivity contribution < 1.29 is 4.74 Å². The lowest BCUT2D eigenvalue weighted by Gasteiger charge is -2.36. The number of nitrogens with one attached hydrogen (secondary N) is 1. The Morgan fingerprint density at radius 3 is 2.94 bits per heavy atom. The molecule has 1 saturated carbocycles. The molecule has 18 heavy (non-hydrogen) atoms. The Labute approximate surface area is 107 Å². The van der Waals surface area contributed by atoms with E-state index in [2.05, 4.69) is 35.4 Å². The van der Waals surface area contributed by atoms with Crippen LogP contribution in [0.1, 0.15) is 19.8 Å². The standard InChI is InChI=1S/C15H18N2O/c1-2-18-12-9-11(10-12)17-15-7-8-16-14-6-4-3-5-13(14)15/h3-8,11-12H,2,9-10H2,1H3,(H,16,17). The lowest BCUT2D eigenvalue weighted by atomic mass is 9.89. The van der Waals surface area contributed by atoms with Crippen molar-refractivity contribution in [2.45, 2.75) is 31.9 Å². The summed E-state index contributed by atoms with van der Waals surface area (Å²) in [6.07, 6.45) is 4.51. The fourth-order valence-electron chi connectivity index (χ4n) is 2.50. The molecule has 0 atom stereocenters. The first-order chi connectivity index (χ1) is 8.86. The van der Waals surface area contributed by atoms with Gasteiger partial charge in [-0.2, -0.15) is 0 Å². The van der Waals surface area contributed by atoms with Gasteiger partial charge < -0.3 is 10.1 Å². The first-order valence-electron chi connectivity index (χ1n) is 6.58. The maximum atomic E-state index is 5.58. The molecule has 1 heterocycles. The van der Waals surface area contributed by atoms with Crippen LogP contribution in [0, 0.1) is 0 Å². The molecule has 2 aromatic rings. The minimum atomic E-state index is 0.445. The molecule has 0 saturated heterocycles. The van der Waals surface area contributed by atoms with E-state index >= 15 is 0 Å². The van der Waals surface area contributed by atoms with Crippen molar-refractivity contribution in [2.24, 2.45) is 0 Å². The molecule has 1 N–H and O–H groups in total. The van der Waals surface area contributed by atoms with Gasteiger partial charge in [0.2, 0.25) is 0 Å². The number of anilines is 1. The first-order valence-corrected chi connectivity index (χ1v) is 6.58. The van der Waals surface area contributed by atoms with Crippen LogP contribution in [0.5, 0.6) is 0 Å². The molecule has 0 radical (unpaired) electrons. The summed E-state index contributed by atoms with van der Waals surface area (Å²) in [6, 6.07) is 10.8. The third-order valence-corrected chi connectivity index (χ3v) is 3.51. The van der Waals surface area contributed by atoms with Crippen molar-refractivity contribution in [3.8, 4) is 0 Å². The van der Waals surface area contributed by atoms with Crippen molar-refractivity contribution >= 4 is 16.6 Å². The van der Waals surface area contributed by atoms with Gasteiger partial charge in [-0.15, -0.1) is 0 Å². The van der Waals surface area contributed by atoms with E-state index in [0.29, 0.717) is 12.1 Å². The summed E-state index contributed by atoms with van der Waals surface area (Å²) in [5, 5.41) is 4.78. The number of hydrogen-bond donors (Lipinski definition) is 1. The van der Waals surface area contributed by atoms with Crippen LogP contribution in [0.3, 0.4) is 0 Å². The number of fused-ring (bicyclic) bond motifs is 1. The molecule has 3 heteroatoms. The average Bonchev–Trinajstić information content (AvgIpc) is 2.37. The Kier molecular flexibility index (Phi) is 3.15. The number of hydrogen-bond acceptors (Lipinski definition) is 3. The van der Waals surface area contributed by atoms with Gasteiger partial charge in [-0.05, 0) is 31.9 Å². The van der Waals surface area contributed by atoms with Gasteiger partial charge in [0, 0.05) is 29.9 Å². The highest BCUT2D eigenvalue weighted by Crippen LogP contribution is 2.29. The zero-order chi connectivity index (χ0) is 12.4. The zero-order valence-electron chi connectivity index (χ0n) is 10.6. The van der Waals surface area contributed by atoms with Crippen LogP contribution in [-0.2, 0) is 4.74 Å². The highest BCUT2D eigenvalue weighted by atomic mass is 16.5. The largest absolute Gasteiger partial charge is 0.382 e. The molecule has 1 fully saturated rings. The predicted molar refractivity (Wildman–Crippen MR) is 73.8 cm³/mol. The van der Waals surface area contributed by atoms with E-state index in [0.717, 1.165) is 25.0 Å². The Hall–Kier alpha value is -1.61. The van der Waals surface area contributed by atoms with E-state index in [9.17, 15) is 0 Å². The zero-order valence-corrected chi connectivity index (χ0v) is 10.6. The molecule has 0 bridgehead atoms. The topological polar surface area (TPSA) is 34.1 Å². The van der Waals surface area contributed by atoms with E-state index in [1.807, 2.05) is 18.3 Å². The lowest BCUT2D eigenvalue weighted by molar-refractivity contribution is 0.00302. The number of aromatic nitrogens is 1. The Balaban J connectivity index is 1.72. The number of pyridine rings is 1. The van der Waals surface area contributed by atoms with Gasteiger partial charge in [0.1, 0.15) is 0 Å². The number of ether oxygens (including phenoxy) is 1. The fourth-order valence-corrected chi connectivity index (χ4v) is 2.50. The van der Waals surface area contributed by atoms with Crippen molar-refractivity contribution in [3.63, 3.8) is 0 Å². The summed E-state index contributed by atoms with van der Waals surface area (Å²) >= 11 is 0. The monoisotopic (exact) mass is 242 g/mol. The minimum absolute atomic E-state index is 0.445. The first kappa shape index (κ1) is 11.5. The van der Waals surface area contributed by atoms with Gasteiger partial charge in [-0.1, -0.05) is 18.2 Å². The summed E-state index contributed by atoms with van der Waals surface area (Å²) in [7, 11) is 0. The van der Waals surface area contributed by atoms with E-state index < -0.39 is 0 Å². The molecule has 1 aliphatic rings. The maximum absolute atomic E-state index is 5.58. The summed E-state index contributed by atoms with van der Waals surface area (Å²) < 4.78 is 5.58. The molecule has 0 spiro atoms. The number of rotatable bonds is 4. The van der Waals surface area contributed by atoms with E-state index in [-0.39, 0.29) is 0 Å². The average molecular weight is 242 g/mol. The van der Waals surface area contributed by atoms with Crippen LogP contribution in [0.15, 0.2) is 36.5 Å². The van der Waals surface area contributed by atoms with Crippen molar-refractivity contribution in [3.05, 3.63) is 36.5 Å². The van der Waals surface area contributed by atoms with Gasteiger partial charge in [0.25, 0.3) is 0 Å². The molecule has 0 unspecified atom stereocenters. The van der Waals surface area contributed by atoms with Gasteiger partial charge in [0.05, 0.1) is 11.6 Å². The predicted octanol–water partition coefficient (Wildman–Crippen LogP) is 3.21. The summed E-state index contributed by atoms with van der Waals surface area (Å²) in [6.45, 7) is 2.87. The van der Waals surface area contributed by atoms with Crippen LogP contribution in [0.2, 0.25) is 0 Å². The third-order valence-electron chi connectivity index (χ3n) is 3.51. The molecule has 1 aromatic heterocycles. The second-order valence-corrected chi connectivity index (χ2v) is 4.77. The molecular weight excluding hydrogens is 224 g/mol. The van der Waals surface area contributed by atoms with Gasteiger partial charge in [-0.25, -0.2) is 0 Å². The fraction of sp³-hybridized carbons (Fsp3) is 0.400. The number of benzene rings is 1. The quantitative estimate of drug-likeness (QED) is 0.894. The summed E-state index contributed by atoms with van der Waals surface area (Å²) in [5.41, 5.74) is 2.23. The number of para-hydroxylation sites is 1. The molecular formula is C15H18N2O. The Bertz CT molecular complexity index is 530. The van der Waals surface area contributed by atoms with Crippen LogP contribution >= 0.6 is 0 Å². The Morgan fingerprint density at radius 1 is 1.28 bits per heavy atom. The highest BCUT2D eigenvalue weighted by Gasteiger charge is 2.29. The molecule has 0 amide bonds. The second kappa shape index (κ2) is 4.94. The molecule has 1 aliphatic carbocycles. The molecule has 1 aromatic carbocycles. The van der Waals surface area contributed by atoms with Crippen molar-refractivity contribution in [1.29, 1.82) is 0 Å². The van der Waals surface area contributed by atoms with Gasteiger partial charge in [-0.3, -0.25) is 4.98 Å². The number of nitrogens with zero attached hydrogens (tertiary/aromatic N) is 1. The molecule has 94 valence electrons.